The topological polar surface area (TPSA) is 68.5 Å². The minimum atomic E-state index is -0.438. The Bertz CT molecular complexity index is 1140. The van der Waals surface area contributed by atoms with Gasteiger partial charge in [-0.1, -0.05) is 60.7 Å². The fraction of sp³-hybridized carbons (Fsp3) is 0.167. The molecule has 3 aromatic carbocycles. The fourth-order valence-corrected chi connectivity index (χ4v) is 3.28. The molecule has 29 heavy (non-hydrogen) atoms. The number of amides is 1. The lowest BCUT2D eigenvalue weighted by Gasteiger charge is -2.11. The van der Waals surface area contributed by atoms with Gasteiger partial charge in [0.1, 0.15) is 11.3 Å². The van der Waals surface area contributed by atoms with Crippen LogP contribution in [-0.2, 0) is 20.7 Å². The van der Waals surface area contributed by atoms with Gasteiger partial charge in [0, 0.05) is 5.39 Å². The monoisotopic (exact) mass is 387 g/mol. The van der Waals surface area contributed by atoms with E-state index in [1.165, 1.54) is 0 Å². The first-order chi connectivity index (χ1) is 14.1. The third kappa shape index (κ3) is 4.46. The van der Waals surface area contributed by atoms with Gasteiger partial charge in [0.15, 0.2) is 6.61 Å². The first-order valence-electron chi connectivity index (χ1n) is 9.49. The van der Waals surface area contributed by atoms with Crippen LogP contribution in [0.15, 0.2) is 77.2 Å². The van der Waals surface area contributed by atoms with Gasteiger partial charge >= 0.3 is 5.97 Å². The number of benzene rings is 3. The summed E-state index contributed by atoms with van der Waals surface area (Å²) in [4.78, 5) is 24.2. The van der Waals surface area contributed by atoms with Gasteiger partial charge in [0.05, 0.1) is 12.5 Å². The molecule has 4 aromatic rings. The molecule has 0 spiro atoms. The van der Waals surface area contributed by atoms with E-state index in [0.29, 0.717) is 5.76 Å². The molecular weight excluding hydrogens is 366 g/mol. The number of furan rings is 1. The lowest BCUT2D eigenvalue weighted by Crippen LogP contribution is -2.31. The van der Waals surface area contributed by atoms with Gasteiger partial charge in [0.25, 0.3) is 5.91 Å². The average molecular weight is 387 g/mol. The second kappa shape index (κ2) is 8.19. The van der Waals surface area contributed by atoms with Crippen LogP contribution in [-0.4, -0.2) is 18.5 Å². The third-order valence-corrected chi connectivity index (χ3v) is 4.78. The van der Waals surface area contributed by atoms with Crippen molar-refractivity contribution in [3.05, 3.63) is 84.1 Å². The van der Waals surface area contributed by atoms with Crippen molar-refractivity contribution in [2.45, 2.75) is 19.4 Å². The highest BCUT2D eigenvalue weighted by atomic mass is 16.5. The Morgan fingerprint density at radius 3 is 2.45 bits per heavy atom. The lowest BCUT2D eigenvalue weighted by atomic mass is 10.1. The normalized spacial score (nSPS) is 12.0. The molecule has 0 aliphatic carbocycles. The molecule has 5 nitrogen and oxygen atoms in total. The molecule has 0 fully saturated rings. The molecular formula is C24H21NO4. The molecule has 0 radical (unpaired) electrons. The summed E-state index contributed by atoms with van der Waals surface area (Å²) in [5.74, 6) is -0.154. The molecule has 1 heterocycles. The van der Waals surface area contributed by atoms with E-state index in [1.807, 2.05) is 79.7 Å². The van der Waals surface area contributed by atoms with Crippen LogP contribution in [0, 0.1) is 0 Å². The van der Waals surface area contributed by atoms with Crippen molar-refractivity contribution in [3.8, 4) is 0 Å². The predicted octanol–water partition coefficient (Wildman–Crippen LogP) is 4.55. The molecule has 0 bridgehead atoms. The number of hydrogen-bond donors (Lipinski definition) is 1. The van der Waals surface area contributed by atoms with Gasteiger partial charge in [-0.05, 0) is 35.4 Å². The van der Waals surface area contributed by atoms with Gasteiger partial charge in [-0.3, -0.25) is 9.59 Å². The molecule has 1 aromatic heterocycles. The number of carbonyl (C=O) groups is 2. The molecule has 0 aliphatic rings. The van der Waals surface area contributed by atoms with Crippen LogP contribution in [0.2, 0.25) is 0 Å². The summed E-state index contributed by atoms with van der Waals surface area (Å²) in [6, 6.07) is 23.0. The van der Waals surface area contributed by atoms with Crippen LogP contribution in [0.4, 0.5) is 0 Å². The minimum absolute atomic E-state index is 0.122. The maximum Gasteiger partial charge on any atom is 0.310 e. The molecule has 0 saturated carbocycles. The number of fused-ring (bicyclic) bond motifs is 2. The Morgan fingerprint density at radius 1 is 0.931 bits per heavy atom. The van der Waals surface area contributed by atoms with Gasteiger partial charge in [-0.15, -0.1) is 0 Å². The molecule has 5 heteroatoms. The number of ether oxygens (including phenoxy) is 1. The van der Waals surface area contributed by atoms with E-state index in [2.05, 4.69) is 5.32 Å². The number of hydrogen-bond acceptors (Lipinski definition) is 4. The zero-order valence-corrected chi connectivity index (χ0v) is 16.1. The SMILES string of the molecule is C[C@@H](NC(=O)COC(=O)Cc1ccc2ccccc2c1)c1cc2ccccc2o1. The summed E-state index contributed by atoms with van der Waals surface area (Å²) in [5.41, 5.74) is 1.62. The highest BCUT2D eigenvalue weighted by Crippen LogP contribution is 2.23. The molecule has 0 saturated heterocycles. The van der Waals surface area contributed by atoms with Crippen molar-refractivity contribution < 1.29 is 18.7 Å². The molecule has 0 unspecified atom stereocenters. The number of para-hydroxylation sites is 1. The Kier molecular flexibility index (Phi) is 5.29. The van der Waals surface area contributed by atoms with E-state index < -0.39 is 5.97 Å². The van der Waals surface area contributed by atoms with Crippen molar-refractivity contribution in [2.75, 3.05) is 6.61 Å². The molecule has 1 N–H and O–H groups in total. The Balaban J connectivity index is 1.29. The van der Waals surface area contributed by atoms with Crippen molar-refractivity contribution in [2.24, 2.45) is 0 Å². The quantitative estimate of drug-likeness (QED) is 0.493. The number of carbonyl (C=O) groups excluding carboxylic acids is 2. The summed E-state index contributed by atoms with van der Waals surface area (Å²) < 4.78 is 10.9. The van der Waals surface area contributed by atoms with Gasteiger partial charge in [0.2, 0.25) is 0 Å². The zero-order chi connectivity index (χ0) is 20.2. The van der Waals surface area contributed by atoms with E-state index in [-0.39, 0.29) is 25.0 Å². The zero-order valence-electron chi connectivity index (χ0n) is 16.1. The van der Waals surface area contributed by atoms with E-state index in [1.54, 1.807) is 0 Å². The fourth-order valence-electron chi connectivity index (χ4n) is 3.28. The smallest absolute Gasteiger partial charge is 0.310 e. The Morgan fingerprint density at radius 2 is 1.66 bits per heavy atom. The second-order valence-electron chi connectivity index (χ2n) is 6.99. The predicted molar refractivity (Wildman–Crippen MR) is 111 cm³/mol. The van der Waals surface area contributed by atoms with E-state index >= 15 is 0 Å². The van der Waals surface area contributed by atoms with Crippen LogP contribution in [0.1, 0.15) is 24.3 Å². The maximum absolute atomic E-state index is 12.1. The van der Waals surface area contributed by atoms with Crippen LogP contribution in [0.5, 0.6) is 0 Å². The number of nitrogens with one attached hydrogen (secondary N) is 1. The second-order valence-corrected chi connectivity index (χ2v) is 6.99. The molecule has 1 amide bonds. The number of esters is 1. The van der Waals surface area contributed by atoms with Crippen molar-refractivity contribution in [1.29, 1.82) is 0 Å². The summed E-state index contributed by atoms with van der Waals surface area (Å²) in [7, 11) is 0. The molecule has 0 aliphatic heterocycles. The minimum Gasteiger partial charge on any atom is -0.459 e. The Hall–Kier alpha value is -3.60. The average Bonchev–Trinajstić information content (AvgIpc) is 3.17. The maximum atomic E-state index is 12.1. The van der Waals surface area contributed by atoms with Crippen LogP contribution in [0.3, 0.4) is 0 Å². The first-order valence-corrected chi connectivity index (χ1v) is 9.49. The summed E-state index contributed by atoms with van der Waals surface area (Å²) in [5, 5.41) is 5.95. The van der Waals surface area contributed by atoms with Crippen LogP contribution < -0.4 is 5.32 Å². The van der Waals surface area contributed by atoms with Gasteiger partial charge in [-0.2, -0.15) is 0 Å². The first kappa shape index (κ1) is 18.7. The molecule has 4 rings (SSSR count). The summed E-state index contributed by atoms with van der Waals surface area (Å²) >= 11 is 0. The van der Waals surface area contributed by atoms with Crippen molar-refractivity contribution >= 4 is 33.6 Å². The molecule has 1 atom stereocenters. The van der Waals surface area contributed by atoms with Crippen molar-refractivity contribution in [1.82, 2.24) is 5.32 Å². The van der Waals surface area contributed by atoms with Crippen molar-refractivity contribution in [3.63, 3.8) is 0 Å². The van der Waals surface area contributed by atoms with Gasteiger partial charge in [-0.25, -0.2) is 0 Å². The Labute approximate surface area is 168 Å². The van der Waals surface area contributed by atoms with E-state index in [0.717, 1.165) is 27.3 Å². The lowest BCUT2D eigenvalue weighted by molar-refractivity contribution is -0.148. The summed E-state index contributed by atoms with van der Waals surface area (Å²) in [6.45, 7) is 1.50. The number of rotatable bonds is 6. The van der Waals surface area contributed by atoms with Crippen LogP contribution in [0.25, 0.3) is 21.7 Å². The summed E-state index contributed by atoms with van der Waals surface area (Å²) in [6.07, 6.45) is 0.122. The highest BCUT2D eigenvalue weighted by molar-refractivity contribution is 5.85. The molecule has 146 valence electrons. The van der Waals surface area contributed by atoms with Crippen LogP contribution >= 0.6 is 0 Å². The largest absolute Gasteiger partial charge is 0.459 e. The van der Waals surface area contributed by atoms with Gasteiger partial charge < -0.3 is 14.5 Å². The van der Waals surface area contributed by atoms with E-state index in [9.17, 15) is 9.59 Å². The highest BCUT2D eigenvalue weighted by Gasteiger charge is 2.15. The van der Waals surface area contributed by atoms with E-state index in [4.69, 9.17) is 9.15 Å². The third-order valence-electron chi connectivity index (χ3n) is 4.78. The standard InChI is InChI=1S/C24H21NO4/c1-16(22-14-20-8-4-5-9-21(20)29-22)25-23(26)15-28-24(27)13-17-10-11-18-6-2-3-7-19(18)12-17/h2-12,14,16H,13,15H2,1H3,(H,25,26)/t16-/m1/s1.